The van der Waals surface area contributed by atoms with Crippen molar-refractivity contribution in [1.82, 2.24) is 0 Å². The van der Waals surface area contributed by atoms with Crippen molar-refractivity contribution in [2.75, 3.05) is 5.32 Å². The molecule has 0 heterocycles. The second-order valence-corrected chi connectivity index (χ2v) is 6.02. The molecule has 0 aliphatic rings. The first-order valence-electron chi connectivity index (χ1n) is 7.84. The summed E-state index contributed by atoms with van der Waals surface area (Å²) >= 11 is 5.99. The van der Waals surface area contributed by atoms with E-state index in [1.165, 1.54) is 18.2 Å². The lowest BCUT2D eigenvalue weighted by Gasteiger charge is -2.07. The maximum atomic E-state index is 12.5. The molecule has 0 aliphatic carbocycles. The van der Waals surface area contributed by atoms with Gasteiger partial charge in [0.05, 0.1) is 15.6 Å². The van der Waals surface area contributed by atoms with Gasteiger partial charge in [-0.2, -0.15) is 5.26 Å². The van der Waals surface area contributed by atoms with Crippen molar-refractivity contribution in [2.24, 2.45) is 0 Å². The number of halogens is 1. The van der Waals surface area contributed by atoms with Gasteiger partial charge in [-0.1, -0.05) is 54.1 Å². The number of non-ortho nitro benzene ring substituents is 1. The van der Waals surface area contributed by atoms with Crippen molar-refractivity contribution in [3.63, 3.8) is 0 Å². The van der Waals surface area contributed by atoms with Gasteiger partial charge in [0, 0.05) is 12.1 Å². The van der Waals surface area contributed by atoms with Crippen LogP contribution in [-0.4, -0.2) is 10.8 Å². The van der Waals surface area contributed by atoms with Crippen LogP contribution in [0.1, 0.15) is 5.56 Å². The minimum Gasteiger partial charge on any atom is -0.320 e. The molecule has 0 fully saturated rings. The van der Waals surface area contributed by atoms with E-state index in [4.69, 9.17) is 11.6 Å². The Hall–Kier alpha value is -3.69. The van der Waals surface area contributed by atoms with E-state index in [0.717, 1.165) is 16.8 Å². The molecule has 132 valence electrons. The molecule has 3 rings (SSSR count). The number of anilines is 1. The topological polar surface area (TPSA) is 96.0 Å². The van der Waals surface area contributed by atoms with Crippen molar-refractivity contribution >= 4 is 45.7 Å². The van der Waals surface area contributed by atoms with E-state index in [9.17, 15) is 20.2 Å². The Balaban J connectivity index is 1.95. The van der Waals surface area contributed by atoms with Gasteiger partial charge in [-0.25, -0.2) is 0 Å². The molecule has 7 heteroatoms. The second kappa shape index (κ2) is 7.68. The van der Waals surface area contributed by atoms with Gasteiger partial charge in [0.25, 0.3) is 11.6 Å². The number of fused-ring (bicyclic) bond motifs is 1. The summed E-state index contributed by atoms with van der Waals surface area (Å²) < 4.78 is 0. The number of benzene rings is 3. The summed E-state index contributed by atoms with van der Waals surface area (Å²) in [5, 5.41) is 24.8. The summed E-state index contributed by atoms with van der Waals surface area (Å²) in [6, 6.07) is 18.7. The highest BCUT2D eigenvalue weighted by atomic mass is 35.5. The van der Waals surface area contributed by atoms with Crippen LogP contribution >= 0.6 is 11.6 Å². The lowest BCUT2D eigenvalue weighted by atomic mass is 10.0. The number of nitro groups is 1. The minimum absolute atomic E-state index is 0.0648. The molecule has 1 amide bonds. The van der Waals surface area contributed by atoms with Crippen LogP contribution in [0, 0.1) is 21.4 Å². The van der Waals surface area contributed by atoms with Gasteiger partial charge < -0.3 is 5.32 Å². The zero-order valence-electron chi connectivity index (χ0n) is 13.8. The largest absolute Gasteiger partial charge is 0.320 e. The van der Waals surface area contributed by atoms with Crippen LogP contribution in [0.3, 0.4) is 0 Å². The zero-order chi connectivity index (χ0) is 19.4. The molecule has 0 bridgehead atoms. The lowest BCUT2D eigenvalue weighted by molar-refractivity contribution is -0.384. The minimum atomic E-state index is -0.701. The van der Waals surface area contributed by atoms with Gasteiger partial charge in [-0.05, 0) is 28.5 Å². The summed E-state index contributed by atoms with van der Waals surface area (Å²) in [7, 11) is 0. The van der Waals surface area contributed by atoms with Crippen molar-refractivity contribution in [1.29, 1.82) is 5.26 Å². The van der Waals surface area contributed by atoms with Gasteiger partial charge in [0.15, 0.2) is 0 Å². The van der Waals surface area contributed by atoms with E-state index in [1.807, 2.05) is 42.5 Å². The van der Waals surface area contributed by atoms with Crippen LogP contribution in [0.25, 0.3) is 16.8 Å². The maximum Gasteiger partial charge on any atom is 0.271 e. The number of carbonyl (C=O) groups is 1. The fourth-order valence-corrected chi connectivity index (χ4v) is 2.76. The van der Waals surface area contributed by atoms with Crippen molar-refractivity contribution < 1.29 is 9.72 Å². The Labute approximate surface area is 159 Å². The van der Waals surface area contributed by atoms with Gasteiger partial charge in [0.1, 0.15) is 11.6 Å². The van der Waals surface area contributed by atoms with Gasteiger partial charge in [-0.15, -0.1) is 0 Å². The van der Waals surface area contributed by atoms with Gasteiger partial charge in [-0.3, -0.25) is 14.9 Å². The first kappa shape index (κ1) is 18.1. The summed E-state index contributed by atoms with van der Waals surface area (Å²) in [4.78, 5) is 22.8. The molecule has 0 unspecified atom stereocenters. The first-order valence-corrected chi connectivity index (χ1v) is 8.22. The fourth-order valence-electron chi connectivity index (χ4n) is 2.59. The van der Waals surface area contributed by atoms with Crippen LogP contribution in [0.15, 0.2) is 66.2 Å². The Morgan fingerprint density at radius 3 is 2.63 bits per heavy atom. The molecular weight excluding hydrogens is 366 g/mol. The molecule has 0 spiro atoms. The van der Waals surface area contributed by atoms with E-state index in [2.05, 4.69) is 5.32 Å². The Bertz CT molecular complexity index is 1130. The lowest BCUT2D eigenvalue weighted by Crippen LogP contribution is -2.14. The first-order chi connectivity index (χ1) is 13.0. The number of amides is 1. The van der Waals surface area contributed by atoms with Crippen molar-refractivity contribution in [3.8, 4) is 6.07 Å². The number of rotatable bonds is 4. The Kier molecular flexibility index (Phi) is 5.15. The average molecular weight is 378 g/mol. The highest BCUT2D eigenvalue weighted by Gasteiger charge is 2.15. The number of hydrogen-bond donors (Lipinski definition) is 1. The number of nitro benzene ring substituents is 1. The van der Waals surface area contributed by atoms with E-state index in [1.54, 1.807) is 6.07 Å². The number of nitrogens with zero attached hydrogens (tertiary/aromatic N) is 2. The van der Waals surface area contributed by atoms with Crippen LogP contribution in [0.4, 0.5) is 11.4 Å². The number of hydrogen-bond acceptors (Lipinski definition) is 4. The molecule has 3 aromatic rings. The highest BCUT2D eigenvalue weighted by molar-refractivity contribution is 6.34. The third kappa shape index (κ3) is 3.94. The Morgan fingerprint density at radius 2 is 1.89 bits per heavy atom. The van der Waals surface area contributed by atoms with Crippen LogP contribution in [0.5, 0.6) is 0 Å². The normalized spacial score (nSPS) is 11.0. The molecule has 0 radical (unpaired) electrons. The summed E-state index contributed by atoms with van der Waals surface area (Å²) in [5.74, 6) is -0.701. The predicted octanol–water partition coefficient (Wildman–Crippen LogP) is 4.95. The molecule has 0 atom stereocenters. The standard InChI is InChI=1S/C20H12ClN3O3/c21-18-9-8-16(24(26)27)11-19(18)23-20(25)15(12-22)10-14-6-3-5-13-4-1-2-7-17(13)14/h1-11H,(H,23,25). The van der Waals surface area contributed by atoms with E-state index < -0.39 is 10.8 Å². The fraction of sp³-hybridized carbons (Fsp3) is 0. The molecule has 0 saturated carbocycles. The number of carbonyl (C=O) groups excluding carboxylic acids is 1. The average Bonchev–Trinajstić information content (AvgIpc) is 2.67. The SMILES string of the molecule is N#CC(=Cc1cccc2ccccc12)C(=O)Nc1cc([N+](=O)[O-])ccc1Cl. The maximum absolute atomic E-state index is 12.5. The smallest absolute Gasteiger partial charge is 0.271 e. The molecule has 0 aromatic heterocycles. The summed E-state index contributed by atoms with van der Waals surface area (Å²) in [6.07, 6.45) is 1.48. The van der Waals surface area contributed by atoms with Gasteiger partial charge in [0.2, 0.25) is 0 Å². The molecule has 0 saturated heterocycles. The number of nitrogens with one attached hydrogen (secondary N) is 1. The zero-order valence-corrected chi connectivity index (χ0v) is 14.6. The van der Waals surface area contributed by atoms with E-state index in [-0.39, 0.29) is 22.0 Å². The van der Waals surface area contributed by atoms with E-state index in [0.29, 0.717) is 5.56 Å². The quantitative estimate of drug-likeness (QED) is 0.301. The molecule has 1 N–H and O–H groups in total. The van der Waals surface area contributed by atoms with Crippen LogP contribution in [-0.2, 0) is 4.79 Å². The van der Waals surface area contributed by atoms with Crippen molar-refractivity contribution in [2.45, 2.75) is 0 Å². The van der Waals surface area contributed by atoms with Crippen molar-refractivity contribution in [3.05, 3.63) is 86.9 Å². The molecule has 6 nitrogen and oxygen atoms in total. The molecular formula is C20H12ClN3O3. The molecule has 27 heavy (non-hydrogen) atoms. The van der Waals surface area contributed by atoms with Crippen LogP contribution in [0.2, 0.25) is 5.02 Å². The summed E-state index contributed by atoms with van der Waals surface area (Å²) in [6.45, 7) is 0. The predicted molar refractivity (Wildman–Crippen MR) is 104 cm³/mol. The number of nitriles is 1. The third-order valence-electron chi connectivity index (χ3n) is 3.90. The summed E-state index contributed by atoms with van der Waals surface area (Å²) in [5.41, 5.74) is 0.417. The molecule has 0 aliphatic heterocycles. The van der Waals surface area contributed by atoms with Gasteiger partial charge >= 0.3 is 0 Å². The Morgan fingerprint density at radius 1 is 1.15 bits per heavy atom. The molecule has 3 aromatic carbocycles. The van der Waals surface area contributed by atoms with E-state index >= 15 is 0 Å². The third-order valence-corrected chi connectivity index (χ3v) is 4.23. The second-order valence-electron chi connectivity index (χ2n) is 5.61. The highest BCUT2D eigenvalue weighted by Crippen LogP contribution is 2.27. The van der Waals surface area contributed by atoms with Crippen LogP contribution < -0.4 is 5.32 Å². The monoisotopic (exact) mass is 377 g/mol.